The van der Waals surface area contributed by atoms with Gasteiger partial charge in [0.05, 0.1) is 18.7 Å². The molecular formula is C13H23N3O2. The van der Waals surface area contributed by atoms with Crippen LogP contribution in [0.4, 0.5) is 0 Å². The van der Waals surface area contributed by atoms with Gasteiger partial charge < -0.3 is 15.0 Å². The Kier molecular flexibility index (Phi) is 6.69. The number of ether oxygens (including phenoxy) is 1. The average Bonchev–Trinajstić information content (AvgIpc) is 2.81. The largest absolute Gasteiger partial charge is 0.379 e. The summed E-state index contributed by atoms with van der Waals surface area (Å²) in [6.45, 7) is 6.53. The first-order valence-corrected chi connectivity index (χ1v) is 6.66. The van der Waals surface area contributed by atoms with E-state index in [-0.39, 0.29) is 18.1 Å². The van der Waals surface area contributed by atoms with Crippen LogP contribution in [0.1, 0.15) is 33.1 Å². The highest BCUT2D eigenvalue weighted by molar-refractivity contribution is 5.79. The predicted molar refractivity (Wildman–Crippen MR) is 68.9 cm³/mol. The monoisotopic (exact) mass is 253 g/mol. The third kappa shape index (κ3) is 5.03. The fraction of sp³-hybridized carbons (Fsp3) is 0.846. The van der Waals surface area contributed by atoms with Crippen LogP contribution in [0.3, 0.4) is 0 Å². The van der Waals surface area contributed by atoms with Gasteiger partial charge in [-0.05, 0) is 39.7 Å². The number of carbonyl (C=O) groups is 1. The van der Waals surface area contributed by atoms with Crippen LogP contribution in [0, 0.1) is 11.3 Å². The second kappa shape index (κ2) is 8.06. The number of carbonyl (C=O) groups excluding carboxylic acids is 1. The minimum Gasteiger partial charge on any atom is -0.379 e. The molecule has 0 bridgehead atoms. The topological polar surface area (TPSA) is 65.4 Å². The van der Waals surface area contributed by atoms with Gasteiger partial charge >= 0.3 is 0 Å². The molecule has 1 heterocycles. The van der Waals surface area contributed by atoms with Gasteiger partial charge in [0.15, 0.2) is 0 Å². The molecule has 0 spiro atoms. The number of nitriles is 1. The number of rotatable bonds is 7. The molecule has 5 heteroatoms. The highest BCUT2D eigenvalue weighted by Gasteiger charge is 2.27. The van der Waals surface area contributed by atoms with Crippen molar-refractivity contribution in [1.29, 1.82) is 5.26 Å². The minimum atomic E-state index is -0.219. The maximum absolute atomic E-state index is 11.8. The lowest BCUT2D eigenvalue weighted by atomic mass is 10.2. The Morgan fingerprint density at radius 2 is 2.39 bits per heavy atom. The molecule has 0 aromatic carbocycles. The molecule has 5 nitrogen and oxygen atoms in total. The van der Waals surface area contributed by atoms with Crippen LogP contribution < -0.4 is 5.32 Å². The van der Waals surface area contributed by atoms with Crippen molar-refractivity contribution in [2.75, 3.05) is 26.2 Å². The third-order valence-corrected chi connectivity index (χ3v) is 2.95. The lowest BCUT2D eigenvalue weighted by Crippen LogP contribution is -2.40. The maximum atomic E-state index is 11.8. The standard InChI is InChI=1S/C13H23N3O2/c1-11(2)18-8-4-6-15-10-13(17)16-7-3-5-12(16)9-14/h11-12,15H,3-8,10H2,1-2H3. The van der Waals surface area contributed by atoms with Crippen molar-refractivity contribution in [2.24, 2.45) is 0 Å². The fourth-order valence-electron chi connectivity index (χ4n) is 2.01. The zero-order valence-corrected chi connectivity index (χ0v) is 11.3. The van der Waals surface area contributed by atoms with Gasteiger partial charge in [-0.3, -0.25) is 4.79 Å². The van der Waals surface area contributed by atoms with Crippen molar-refractivity contribution < 1.29 is 9.53 Å². The van der Waals surface area contributed by atoms with Crippen LogP contribution in [0.15, 0.2) is 0 Å². The quantitative estimate of drug-likeness (QED) is 0.685. The molecule has 0 saturated carbocycles. The number of nitrogens with zero attached hydrogens (tertiary/aromatic N) is 2. The molecule has 1 atom stereocenters. The minimum absolute atomic E-state index is 0.0313. The summed E-state index contributed by atoms with van der Waals surface area (Å²) in [6, 6.07) is 1.96. The van der Waals surface area contributed by atoms with E-state index in [1.54, 1.807) is 4.90 Å². The number of hydrogen-bond acceptors (Lipinski definition) is 4. The SMILES string of the molecule is CC(C)OCCCNCC(=O)N1CCCC1C#N. The van der Waals surface area contributed by atoms with Crippen molar-refractivity contribution in [3.05, 3.63) is 0 Å². The number of likely N-dealkylation sites (tertiary alicyclic amines) is 1. The average molecular weight is 253 g/mol. The summed E-state index contributed by atoms with van der Waals surface area (Å²) >= 11 is 0. The molecular weight excluding hydrogens is 230 g/mol. The molecule has 1 unspecified atom stereocenters. The molecule has 1 aliphatic heterocycles. The van der Waals surface area contributed by atoms with Crippen LogP contribution in [-0.2, 0) is 9.53 Å². The van der Waals surface area contributed by atoms with E-state index < -0.39 is 0 Å². The van der Waals surface area contributed by atoms with E-state index in [1.807, 2.05) is 13.8 Å². The first kappa shape index (κ1) is 14.9. The Hall–Kier alpha value is -1.12. The Morgan fingerprint density at radius 3 is 3.06 bits per heavy atom. The van der Waals surface area contributed by atoms with Gasteiger partial charge in [-0.1, -0.05) is 0 Å². The van der Waals surface area contributed by atoms with E-state index in [0.29, 0.717) is 13.2 Å². The molecule has 1 saturated heterocycles. The molecule has 18 heavy (non-hydrogen) atoms. The lowest BCUT2D eigenvalue weighted by molar-refractivity contribution is -0.130. The van der Waals surface area contributed by atoms with E-state index >= 15 is 0 Å². The van der Waals surface area contributed by atoms with E-state index in [0.717, 1.165) is 32.4 Å². The van der Waals surface area contributed by atoms with Crippen molar-refractivity contribution >= 4 is 5.91 Å². The molecule has 0 radical (unpaired) electrons. The molecule has 1 rings (SSSR count). The van der Waals surface area contributed by atoms with Crippen molar-refractivity contribution in [3.63, 3.8) is 0 Å². The number of amides is 1. The fourth-order valence-corrected chi connectivity index (χ4v) is 2.01. The van der Waals surface area contributed by atoms with Crippen LogP contribution in [-0.4, -0.2) is 49.2 Å². The summed E-state index contributed by atoms with van der Waals surface area (Å²) in [5, 5.41) is 12.0. The lowest BCUT2D eigenvalue weighted by Gasteiger charge is -2.19. The second-order valence-corrected chi connectivity index (χ2v) is 4.82. The highest BCUT2D eigenvalue weighted by atomic mass is 16.5. The highest BCUT2D eigenvalue weighted by Crippen LogP contribution is 2.15. The first-order chi connectivity index (χ1) is 8.65. The summed E-state index contributed by atoms with van der Waals surface area (Å²) in [6.07, 6.45) is 2.90. The number of hydrogen-bond donors (Lipinski definition) is 1. The zero-order valence-electron chi connectivity index (χ0n) is 11.3. The van der Waals surface area contributed by atoms with Crippen LogP contribution in [0.25, 0.3) is 0 Å². The van der Waals surface area contributed by atoms with Crippen LogP contribution in [0.5, 0.6) is 0 Å². The summed E-state index contributed by atoms with van der Waals surface area (Å²) < 4.78 is 5.40. The van der Waals surface area contributed by atoms with Crippen LogP contribution >= 0.6 is 0 Å². The van der Waals surface area contributed by atoms with Gasteiger partial charge in [-0.25, -0.2) is 0 Å². The summed E-state index contributed by atoms with van der Waals surface area (Å²) in [7, 11) is 0. The van der Waals surface area contributed by atoms with E-state index in [9.17, 15) is 4.79 Å². The van der Waals surface area contributed by atoms with E-state index in [1.165, 1.54) is 0 Å². The Bertz CT molecular complexity index is 299. The Balaban J connectivity index is 2.09. The van der Waals surface area contributed by atoms with Gasteiger partial charge in [-0.15, -0.1) is 0 Å². The van der Waals surface area contributed by atoms with Crippen molar-refractivity contribution in [1.82, 2.24) is 10.2 Å². The predicted octanol–water partition coefficient (Wildman–Crippen LogP) is 0.906. The molecule has 1 amide bonds. The summed E-state index contributed by atoms with van der Waals surface area (Å²) in [5.41, 5.74) is 0. The summed E-state index contributed by atoms with van der Waals surface area (Å²) in [5.74, 6) is 0.0313. The molecule has 102 valence electrons. The van der Waals surface area contributed by atoms with Crippen LogP contribution in [0.2, 0.25) is 0 Å². The van der Waals surface area contributed by atoms with Gasteiger partial charge in [0.2, 0.25) is 5.91 Å². The number of nitrogens with one attached hydrogen (secondary N) is 1. The van der Waals surface area contributed by atoms with Gasteiger partial charge in [-0.2, -0.15) is 5.26 Å². The first-order valence-electron chi connectivity index (χ1n) is 6.66. The smallest absolute Gasteiger partial charge is 0.237 e. The second-order valence-electron chi connectivity index (χ2n) is 4.82. The maximum Gasteiger partial charge on any atom is 0.237 e. The van der Waals surface area contributed by atoms with Gasteiger partial charge in [0.1, 0.15) is 6.04 Å². The molecule has 1 aliphatic rings. The van der Waals surface area contributed by atoms with E-state index in [4.69, 9.17) is 10.00 Å². The Labute approximate surface area is 109 Å². The molecule has 1 N–H and O–H groups in total. The molecule has 0 aromatic heterocycles. The van der Waals surface area contributed by atoms with Crippen molar-refractivity contribution in [2.45, 2.75) is 45.3 Å². The molecule has 0 aromatic rings. The zero-order chi connectivity index (χ0) is 13.4. The van der Waals surface area contributed by atoms with Crippen molar-refractivity contribution in [3.8, 4) is 6.07 Å². The third-order valence-electron chi connectivity index (χ3n) is 2.95. The van der Waals surface area contributed by atoms with Gasteiger partial charge in [0.25, 0.3) is 0 Å². The summed E-state index contributed by atoms with van der Waals surface area (Å²) in [4.78, 5) is 13.5. The van der Waals surface area contributed by atoms with E-state index in [2.05, 4.69) is 11.4 Å². The Morgan fingerprint density at radius 1 is 1.61 bits per heavy atom. The molecule has 0 aliphatic carbocycles. The molecule has 1 fully saturated rings. The van der Waals surface area contributed by atoms with Gasteiger partial charge in [0, 0.05) is 13.2 Å². The normalized spacial score (nSPS) is 19.2.